The molecule has 2 aromatic carbocycles. The number of aliphatic hydroxyl groups is 1. The molecule has 0 spiro atoms. The van der Waals surface area contributed by atoms with E-state index in [1.165, 1.54) is 5.56 Å². The molecule has 2 aromatic rings. The van der Waals surface area contributed by atoms with Crippen molar-refractivity contribution in [3.63, 3.8) is 0 Å². The molecule has 0 atom stereocenters. The summed E-state index contributed by atoms with van der Waals surface area (Å²) in [4.78, 5) is 0. The molecule has 0 aromatic heterocycles. The molecule has 0 saturated heterocycles. The molecule has 1 aliphatic rings. The highest BCUT2D eigenvalue weighted by atomic mass is 16.5. The molecule has 3 heteroatoms. The minimum absolute atomic E-state index is 0.150. The Hall–Kier alpha value is -2.42. The molecule has 3 rings (SSSR count). The lowest BCUT2D eigenvalue weighted by Crippen LogP contribution is -2.13. The molecule has 3 nitrogen and oxygen atoms in total. The predicted molar refractivity (Wildman–Crippen MR) is 77.6 cm³/mol. The first-order valence-electron chi connectivity index (χ1n) is 6.65. The molecule has 20 heavy (non-hydrogen) atoms. The van der Waals surface area contributed by atoms with Crippen LogP contribution in [0.15, 0.2) is 60.4 Å². The second kappa shape index (κ2) is 5.70. The van der Waals surface area contributed by atoms with Gasteiger partial charge in [0, 0.05) is 6.42 Å². The van der Waals surface area contributed by atoms with Gasteiger partial charge in [-0.15, -0.1) is 0 Å². The zero-order valence-electron chi connectivity index (χ0n) is 11.1. The van der Waals surface area contributed by atoms with E-state index in [4.69, 9.17) is 9.47 Å². The lowest BCUT2D eigenvalue weighted by atomic mass is 10.1. The number of fused-ring (bicyclic) bond motifs is 1. The Morgan fingerprint density at radius 2 is 1.75 bits per heavy atom. The van der Waals surface area contributed by atoms with Gasteiger partial charge in [-0.1, -0.05) is 42.5 Å². The standard InChI is InChI=1S/C17H16O3/c18-15-12-20-16-9-5-4-8-14(16)17(15)19-11-10-13-6-2-1-3-7-13/h1-9,18H,10-12H2. The highest BCUT2D eigenvalue weighted by Crippen LogP contribution is 2.32. The Morgan fingerprint density at radius 1 is 1.00 bits per heavy atom. The normalized spacial score (nSPS) is 13.6. The van der Waals surface area contributed by atoms with Gasteiger partial charge in [-0.3, -0.25) is 0 Å². The zero-order valence-corrected chi connectivity index (χ0v) is 11.1. The molecule has 0 amide bonds. The molecule has 102 valence electrons. The van der Waals surface area contributed by atoms with Crippen LogP contribution in [-0.4, -0.2) is 18.3 Å². The molecule has 0 aliphatic carbocycles. The van der Waals surface area contributed by atoms with Crippen molar-refractivity contribution in [1.82, 2.24) is 0 Å². The second-order valence-electron chi connectivity index (χ2n) is 4.64. The zero-order chi connectivity index (χ0) is 13.8. The summed E-state index contributed by atoms with van der Waals surface area (Å²) in [6.45, 7) is 0.690. The fraction of sp³-hybridized carbons (Fsp3) is 0.176. The van der Waals surface area contributed by atoms with Crippen LogP contribution in [0.2, 0.25) is 0 Å². The Labute approximate surface area is 118 Å². The summed E-state index contributed by atoms with van der Waals surface area (Å²) in [6, 6.07) is 17.7. The Bertz CT molecular complexity index is 617. The number of hydrogen-bond acceptors (Lipinski definition) is 3. The maximum absolute atomic E-state index is 9.94. The van der Waals surface area contributed by atoms with Crippen molar-refractivity contribution >= 4 is 5.76 Å². The lowest BCUT2D eigenvalue weighted by molar-refractivity contribution is 0.215. The molecule has 1 heterocycles. The van der Waals surface area contributed by atoms with Crippen LogP contribution < -0.4 is 4.74 Å². The quantitative estimate of drug-likeness (QED) is 0.921. The molecule has 0 saturated carbocycles. The third-order valence-corrected chi connectivity index (χ3v) is 3.24. The van der Waals surface area contributed by atoms with Crippen molar-refractivity contribution in [2.45, 2.75) is 6.42 Å². The lowest BCUT2D eigenvalue weighted by Gasteiger charge is -2.21. The van der Waals surface area contributed by atoms with Crippen LogP contribution in [0, 0.1) is 0 Å². The summed E-state index contributed by atoms with van der Waals surface area (Å²) in [7, 11) is 0. The van der Waals surface area contributed by atoms with E-state index >= 15 is 0 Å². The van der Waals surface area contributed by atoms with Gasteiger partial charge in [-0.05, 0) is 17.7 Å². The fourth-order valence-corrected chi connectivity index (χ4v) is 2.22. The van der Waals surface area contributed by atoms with Crippen LogP contribution in [0.5, 0.6) is 5.75 Å². The Balaban J connectivity index is 1.70. The topological polar surface area (TPSA) is 38.7 Å². The van der Waals surface area contributed by atoms with Gasteiger partial charge >= 0.3 is 0 Å². The van der Waals surface area contributed by atoms with E-state index in [1.807, 2.05) is 42.5 Å². The molecule has 0 unspecified atom stereocenters. The van der Waals surface area contributed by atoms with E-state index in [1.54, 1.807) is 0 Å². The van der Waals surface area contributed by atoms with Crippen LogP contribution in [0.25, 0.3) is 5.76 Å². The van der Waals surface area contributed by atoms with Crippen molar-refractivity contribution in [1.29, 1.82) is 0 Å². The third kappa shape index (κ3) is 2.62. The van der Waals surface area contributed by atoms with E-state index in [0.717, 1.165) is 17.7 Å². The van der Waals surface area contributed by atoms with Gasteiger partial charge in [0.2, 0.25) is 0 Å². The molecule has 0 fully saturated rings. The van der Waals surface area contributed by atoms with Crippen LogP contribution in [-0.2, 0) is 11.2 Å². The van der Waals surface area contributed by atoms with Gasteiger partial charge in [-0.25, -0.2) is 0 Å². The average Bonchev–Trinajstić information content (AvgIpc) is 2.50. The van der Waals surface area contributed by atoms with E-state index in [2.05, 4.69) is 12.1 Å². The van der Waals surface area contributed by atoms with Crippen molar-refractivity contribution < 1.29 is 14.6 Å². The number of rotatable bonds is 4. The van der Waals surface area contributed by atoms with Gasteiger partial charge in [-0.2, -0.15) is 0 Å². The summed E-state index contributed by atoms with van der Waals surface area (Å²) in [5.74, 6) is 1.43. The molecular formula is C17H16O3. The molecular weight excluding hydrogens is 252 g/mol. The van der Waals surface area contributed by atoms with E-state index in [9.17, 15) is 5.11 Å². The van der Waals surface area contributed by atoms with Crippen LogP contribution >= 0.6 is 0 Å². The maximum atomic E-state index is 9.94. The molecule has 0 bridgehead atoms. The van der Waals surface area contributed by atoms with E-state index in [0.29, 0.717) is 12.4 Å². The summed E-state index contributed by atoms with van der Waals surface area (Å²) >= 11 is 0. The second-order valence-corrected chi connectivity index (χ2v) is 4.64. The predicted octanol–water partition coefficient (Wildman–Crippen LogP) is 3.56. The molecule has 1 N–H and O–H groups in total. The van der Waals surface area contributed by atoms with Crippen molar-refractivity contribution in [3.8, 4) is 5.75 Å². The van der Waals surface area contributed by atoms with Gasteiger partial charge in [0.05, 0.1) is 12.2 Å². The van der Waals surface area contributed by atoms with Crippen LogP contribution in [0.3, 0.4) is 0 Å². The summed E-state index contributed by atoms with van der Waals surface area (Å²) in [5.41, 5.74) is 2.03. The average molecular weight is 268 g/mol. The van der Waals surface area contributed by atoms with Crippen LogP contribution in [0.4, 0.5) is 0 Å². The first kappa shape index (κ1) is 12.6. The first-order valence-corrected chi connectivity index (χ1v) is 6.65. The van der Waals surface area contributed by atoms with Crippen molar-refractivity contribution in [2.75, 3.05) is 13.2 Å². The minimum atomic E-state index is 0.150. The number of para-hydroxylation sites is 1. The Morgan fingerprint density at radius 3 is 2.60 bits per heavy atom. The van der Waals surface area contributed by atoms with Crippen molar-refractivity contribution in [2.24, 2.45) is 0 Å². The van der Waals surface area contributed by atoms with Crippen LogP contribution in [0.1, 0.15) is 11.1 Å². The third-order valence-electron chi connectivity index (χ3n) is 3.24. The summed E-state index contributed by atoms with van der Waals surface area (Å²) in [5, 5.41) is 9.94. The first-order chi connectivity index (χ1) is 9.84. The summed E-state index contributed by atoms with van der Waals surface area (Å²) < 4.78 is 11.2. The summed E-state index contributed by atoms with van der Waals surface area (Å²) in [6.07, 6.45) is 0.806. The number of hydrogen-bond donors (Lipinski definition) is 1. The van der Waals surface area contributed by atoms with Gasteiger partial charge in [0.25, 0.3) is 0 Å². The largest absolute Gasteiger partial charge is 0.505 e. The van der Waals surface area contributed by atoms with E-state index in [-0.39, 0.29) is 12.4 Å². The Kier molecular flexibility index (Phi) is 3.59. The smallest absolute Gasteiger partial charge is 0.173 e. The monoisotopic (exact) mass is 268 g/mol. The number of aliphatic hydroxyl groups excluding tert-OH is 1. The van der Waals surface area contributed by atoms with Gasteiger partial charge in [0.1, 0.15) is 12.4 Å². The highest BCUT2D eigenvalue weighted by Gasteiger charge is 2.20. The molecule has 0 radical (unpaired) electrons. The number of ether oxygens (including phenoxy) is 2. The molecule has 1 aliphatic heterocycles. The maximum Gasteiger partial charge on any atom is 0.173 e. The minimum Gasteiger partial charge on any atom is -0.505 e. The SMILES string of the molecule is OC1=C(OCCc2ccccc2)c2ccccc2OC1. The fourth-order valence-electron chi connectivity index (χ4n) is 2.22. The number of benzene rings is 2. The van der Waals surface area contributed by atoms with Crippen molar-refractivity contribution in [3.05, 3.63) is 71.5 Å². The van der Waals surface area contributed by atoms with E-state index < -0.39 is 0 Å². The highest BCUT2D eigenvalue weighted by molar-refractivity contribution is 5.69. The van der Waals surface area contributed by atoms with Gasteiger partial charge in [0.15, 0.2) is 11.5 Å². The van der Waals surface area contributed by atoms with Gasteiger partial charge < -0.3 is 14.6 Å².